The van der Waals surface area contributed by atoms with Gasteiger partial charge < -0.3 is 9.80 Å². The van der Waals surface area contributed by atoms with E-state index in [0.717, 1.165) is 11.1 Å². The zero-order chi connectivity index (χ0) is 24.6. The predicted molar refractivity (Wildman–Crippen MR) is 114 cm³/mol. The Morgan fingerprint density at radius 3 is 2.59 bits per heavy atom. The molecule has 0 saturated carbocycles. The van der Waals surface area contributed by atoms with Gasteiger partial charge in [0.25, 0.3) is 5.91 Å². The van der Waals surface area contributed by atoms with Crippen molar-refractivity contribution in [2.75, 3.05) is 32.1 Å². The Balaban J connectivity index is 1.49. The van der Waals surface area contributed by atoms with Crippen molar-refractivity contribution in [3.8, 4) is 0 Å². The van der Waals surface area contributed by atoms with Crippen molar-refractivity contribution >= 4 is 23.8 Å². The number of nitrogens with zero attached hydrogens (tertiary/aromatic N) is 6. The van der Waals surface area contributed by atoms with Gasteiger partial charge in [-0.25, -0.2) is 32.5 Å². The fourth-order valence-corrected chi connectivity index (χ4v) is 4.13. The fourth-order valence-electron chi connectivity index (χ4n) is 4.13. The summed E-state index contributed by atoms with van der Waals surface area (Å²) >= 11 is 0. The van der Waals surface area contributed by atoms with E-state index in [9.17, 15) is 22.8 Å². The molecule has 2 aliphatic rings. The number of amides is 2. The van der Waals surface area contributed by atoms with Crippen LogP contribution >= 0.6 is 0 Å². The van der Waals surface area contributed by atoms with E-state index in [4.69, 9.17) is 0 Å². The van der Waals surface area contributed by atoms with Gasteiger partial charge in [0.2, 0.25) is 5.91 Å². The minimum atomic E-state index is -1.62. The summed E-state index contributed by atoms with van der Waals surface area (Å²) in [4.78, 5) is 36.3. The average molecular weight is 478 g/mol. The van der Waals surface area contributed by atoms with Crippen LogP contribution in [0.4, 0.5) is 23.4 Å². The first-order chi connectivity index (χ1) is 16.2. The third kappa shape index (κ3) is 4.44. The Labute approximate surface area is 192 Å². The Morgan fingerprint density at radius 1 is 1.12 bits per heavy atom. The maximum Gasteiger partial charge on any atom is 0.272 e. The van der Waals surface area contributed by atoms with Crippen LogP contribution in [0.3, 0.4) is 0 Å². The number of anilines is 1. The number of piperidine rings is 1. The standard InChI is InChI=1S/C22H22F4N6O2/c1-30(2)22(34)17-9-19(28-11-27-17)31-6-4-13(16(25)10-31)21(33)32-18(3-5-29-32)14-7-12(23)8-15(24)20(14)26/h5,7-9,11,13,16,18H,3-4,6,10H2,1-2H3/t13-,16+,18-/m0/s1. The van der Waals surface area contributed by atoms with Crippen LogP contribution in [-0.2, 0) is 4.79 Å². The van der Waals surface area contributed by atoms with Crippen molar-refractivity contribution < 1.29 is 27.2 Å². The zero-order valence-corrected chi connectivity index (χ0v) is 18.5. The second-order valence-electron chi connectivity index (χ2n) is 8.34. The summed E-state index contributed by atoms with van der Waals surface area (Å²) in [6.07, 6.45) is 1.07. The highest BCUT2D eigenvalue weighted by molar-refractivity contribution is 5.92. The molecule has 12 heteroatoms. The molecule has 2 amide bonds. The quantitative estimate of drug-likeness (QED) is 0.499. The highest BCUT2D eigenvalue weighted by atomic mass is 19.2. The lowest BCUT2D eigenvalue weighted by atomic mass is 9.92. The van der Waals surface area contributed by atoms with Gasteiger partial charge in [-0.2, -0.15) is 5.10 Å². The summed E-state index contributed by atoms with van der Waals surface area (Å²) < 4.78 is 56.9. The molecule has 1 aromatic heterocycles. The summed E-state index contributed by atoms with van der Waals surface area (Å²) in [7, 11) is 3.16. The number of halogens is 4. The third-order valence-electron chi connectivity index (χ3n) is 5.90. The van der Waals surface area contributed by atoms with Crippen LogP contribution in [-0.4, -0.2) is 71.3 Å². The van der Waals surface area contributed by atoms with Crippen molar-refractivity contribution in [2.45, 2.75) is 25.1 Å². The summed E-state index contributed by atoms with van der Waals surface area (Å²) in [6.45, 7) is 0.0861. The highest BCUT2D eigenvalue weighted by Crippen LogP contribution is 2.35. The normalized spacial score (nSPS) is 22.2. The Hall–Kier alpha value is -3.57. The molecule has 1 fully saturated rings. The lowest BCUT2D eigenvalue weighted by Gasteiger charge is -2.36. The van der Waals surface area contributed by atoms with Crippen LogP contribution in [0, 0.1) is 23.4 Å². The van der Waals surface area contributed by atoms with E-state index < -0.39 is 41.5 Å². The van der Waals surface area contributed by atoms with Gasteiger partial charge >= 0.3 is 0 Å². The second kappa shape index (κ2) is 9.35. The van der Waals surface area contributed by atoms with E-state index in [1.54, 1.807) is 19.0 Å². The topological polar surface area (TPSA) is 82.0 Å². The summed E-state index contributed by atoms with van der Waals surface area (Å²) in [6, 6.07) is 1.62. The first-order valence-electron chi connectivity index (χ1n) is 10.6. The largest absolute Gasteiger partial charge is 0.354 e. The molecule has 4 rings (SSSR count). The van der Waals surface area contributed by atoms with E-state index in [2.05, 4.69) is 15.1 Å². The Bertz CT molecular complexity index is 1140. The number of carbonyl (C=O) groups excluding carboxylic acids is 2. The van der Waals surface area contributed by atoms with Gasteiger partial charge in [0, 0.05) is 51.0 Å². The van der Waals surface area contributed by atoms with Crippen LogP contribution in [0.2, 0.25) is 0 Å². The van der Waals surface area contributed by atoms with Crippen molar-refractivity contribution in [1.29, 1.82) is 0 Å². The molecular formula is C22H22F4N6O2. The molecular weight excluding hydrogens is 456 g/mol. The molecule has 0 N–H and O–H groups in total. The minimum absolute atomic E-state index is 0.0466. The molecule has 3 heterocycles. The zero-order valence-electron chi connectivity index (χ0n) is 18.5. The molecule has 8 nitrogen and oxygen atoms in total. The number of carbonyl (C=O) groups is 2. The van der Waals surface area contributed by atoms with E-state index in [1.807, 2.05) is 0 Å². The molecule has 1 aromatic carbocycles. The molecule has 3 atom stereocenters. The van der Waals surface area contributed by atoms with E-state index >= 15 is 4.39 Å². The number of benzene rings is 1. The van der Waals surface area contributed by atoms with E-state index in [1.165, 1.54) is 23.5 Å². The fraction of sp³-hybridized carbons (Fsp3) is 0.409. The molecule has 2 aliphatic heterocycles. The molecule has 0 aliphatic carbocycles. The third-order valence-corrected chi connectivity index (χ3v) is 5.90. The Kier molecular flexibility index (Phi) is 6.49. The van der Waals surface area contributed by atoms with Gasteiger partial charge in [-0.15, -0.1) is 0 Å². The minimum Gasteiger partial charge on any atom is -0.354 e. The molecule has 0 spiro atoms. The molecule has 180 valence electrons. The smallest absolute Gasteiger partial charge is 0.272 e. The van der Waals surface area contributed by atoms with Crippen molar-refractivity contribution in [1.82, 2.24) is 19.9 Å². The van der Waals surface area contributed by atoms with E-state index in [-0.39, 0.29) is 43.1 Å². The number of hydrazone groups is 1. The maximum atomic E-state index is 15.2. The molecule has 0 unspecified atom stereocenters. The van der Waals surface area contributed by atoms with Crippen LogP contribution < -0.4 is 4.90 Å². The number of hydrogen-bond acceptors (Lipinski definition) is 6. The van der Waals surface area contributed by atoms with Gasteiger partial charge in [-0.3, -0.25) is 9.59 Å². The number of aromatic nitrogens is 2. The SMILES string of the molecule is CN(C)C(=O)c1cc(N2CC[C@H](C(=O)N3N=CC[C@H]3c3cc(F)cc(F)c3F)[C@H](F)C2)ncn1. The maximum absolute atomic E-state index is 15.2. The highest BCUT2D eigenvalue weighted by Gasteiger charge is 2.41. The average Bonchev–Trinajstić information content (AvgIpc) is 3.30. The van der Waals surface area contributed by atoms with Gasteiger partial charge in [-0.1, -0.05) is 0 Å². The number of rotatable bonds is 4. The molecule has 0 bridgehead atoms. The van der Waals surface area contributed by atoms with Crippen molar-refractivity contribution in [3.63, 3.8) is 0 Å². The molecule has 2 aromatic rings. The van der Waals surface area contributed by atoms with E-state index in [0.29, 0.717) is 11.9 Å². The van der Waals surface area contributed by atoms with Crippen LogP contribution in [0.1, 0.15) is 34.9 Å². The summed E-state index contributed by atoms with van der Waals surface area (Å²) in [5.74, 6) is -5.38. The molecule has 1 saturated heterocycles. The summed E-state index contributed by atoms with van der Waals surface area (Å²) in [5, 5.41) is 4.84. The van der Waals surface area contributed by atoms with Crippen molar-refractivity contribution in [3.05, 3.63) is 53.2 Å². The first kappa shape index (κ1) is 23.6. The van der Waals surface area contributed by atoms with Crippen LogP contribution in [0.5, 0.6) is 0 Å². The number of hydrogen-bond donors (Lipinski definition) is 0. The van der Waals surface area contributed by atoms with Gasteiger partial charge in [0.1, 0.15) is 29.8 Å². The van der Waals surface area contributed by atoms with Gasteiger partial charge in [0.15, 0.2) is 11.6 Å². The number of alkyl halides is 1. The predicted octanol–water partition coefficient (Wildman–Crippen LogP) is 2.72. The lowest BCUT2D eigenvalue weighted by molar-refractivity contribution is -0.140. The summed E-state index contributed by atoms with van der Waals surface area (Å²) in [5.41, 5.74) is -0.197. The van der Waals surface area contributed by atoms with Crippen molar-refractivity contribution in [2.24, 2.45) is 11.0 Å². The molecule has 0 radical (unpaired) electrons. The van der Waals surface area contributed by atoms with Gasteiger partial charge in [0.05, 0.1) is 18.5 Å². The Morgan fingerprint density at radius 2 is 1.88 bits per heavy atom. The first-order valence-corrected chi connectivity index (χ1v) is 10.6. The monoisotopic (exact) mass is 478 g/mol. The van der Waals surface area contributed by atoms with Crippen LogP contribution in [0.25, 0.3) is 0 Å². The lowest BCUT2D eigenvalue weighted by Crippen LogP contribution is -2.48. The van der Waals surface area contributed by atoms with Gasteiger partial charge in [-0.05, 0) is 12.5 Å². The van der Waals surface area contributed by atoms with Crippen LogP contribution in [0.15, 0.2) is 29.6 Å². The molecule has 34 heavy (non-hydrogen) atoms. The second-order valence-corrected chi connectivity index (χ2v) is 8.34.